The first kappa shape index (κ1) is 25.1. The molecule has 3 aromatic carbocycles. The van der Waals surface area contributed by atoms with Crippen LogP contribution in [-0.4, -0.2) is 22.1 Å². The standard InChI is InChI=1S/C30H21Cl2FN2O5/c31-21-2-1-3-22(32)25(21)26-19(27(40-34-26)15-4-5-15)14-39-17-7-9-24-20(13-17)30(10-11-30)29(38)35(24)16-6-8-18(28(36)37)23(33)12-16/h1-3,6-9,12-13,15H,4-5,10-11,14H2,(H,36,37). The number of carboxylic acid groups (broad SMARTS) is 1. The van der Waals surface area contributed by atoms with Gasteiger partial charge in [0.2, 0.25) is 5.91 Å². The van der Waals surface area contributed by atoms with Crippen molar-refractivity contribution in [1.29, 1.82) is 0 Å². The number of fused-ring (bicyclic) bond motifs is 2. The van der Waals surface area contributed by atoms with Crippen LogP contribution < -0.4 is 9.64 Å². The fraction of sp³-hybridized carbons (Fsp3) is 0.233. The van der Waals surface area contributed by atoms with Crippen LogP contribution in [0.5, 0.6) is 5.75 Å². The summed E-state index contributed by atoms with van der Waals surface area (Å²) in [4.78, 5) is 26.2. The lowest BCUT2D eigenvalue weighted by Crippen LogP contribution is -2.28. The molecule has 202 valence electrons. The Morgan fingerprint density at radius 3 is 2.52 bits per heavy atom. The van der Waals surface area contributed by atoms with Gasteiger partial charge in [-0.25, -0.2) is 9.18 Å². The average Bonchev–Trinajstić information content (AvgIpc) is 3.85. The first-order chi connectivity index (χ1) is 19.3. The highest BCUT2D eigenvalue weighted by molar-refractivity contribution is 6.39. The predicted molar refractivity (Wildman–Crippen MR) is 146 cm³/mol. The van der Waals surface area contributed by atoms with Crippen molar-refractivity contribution in [3.8, 4) is 17.0 Å². The third-order valence-corrected chi connectivity index (χ3v) is 8.51. The molecule has 2 fully saturated rings. The molecule has 0 radical (unpaired) electrons. The molecule has 4 aromatic rings. The van der Waals surface area contributed by atoms with Crippen molar-refractivity contribution in [2.45, 2.75) is 43.6 Å². The second kappa shape index (κ2) is 9.08. The van der Waals surface area contributed by atoms with Crippen LogP contribution in [0.4, 0.5) is 15.8 Å². The smallest absolute Gasteiger partial charge is 0.338 e. The zero-order valence-electron chi connectivity index (χ0n) is 20.9. The molecule has 3 aliphatic rings. The number of benzene rings is 3. The maximum atomic E-state index is 14.5. The minimum Gasteiger partial charge on any atom is -0.489 e. The van der Waals surface area contributed by atoms with Crippen molar-refractivity contribution in [2.75, 3.05) is 4.90 Å². The summed E-state index contributed by atoms with van der Waals surface area (Å²) in [6.07, 6.45) is 3.35. The highest BCUT2D eigenvalue weighted by Gasteiger charge is 2.59. The average molecular weight is 579 g/mol. The molecule has 1 aromatic heterocycles. The van der Waals surface area contributed by atoms with E-state index in [1.165, 1.54) is 17.0 Å². The van der Waals surface area contributed by atoms with Crippen molar-refractivity contribution in [3.05, 3.63) is 92.9 Å². The van der Waals surface area contributed by atoms with Gasteiger partial charge in [0.1, 0.15) is 29.6 Å². The topological polar surface area (TPSA) is 92.9 Å². The summed E-state index contributed by atoms with van der Waals surface area (Å²) in [5.74, 6) is -0.825. The number of nitrogens with zero attached hydrogens (tertiary/aromatic N) is 2. The Labute approximate surface area is 238 Å². The lowest BCUT2D eigenvalue weighted by molar-refractivity contribution is -0.119. The number of carbonyl (C=O) groups is 2. The van der Waals surface area contributed by atoms with Gasteiger partial charge in [-0.2, -0.15) is 0 Å². The largest absolute Gasteiger partial charge is 0.489 e. The van der Waals surface area contributed by atoms with Crippen LogP contribution in [0.3, 0.4) is 0 Å². The molecule has 7 rings (SSSR count). The molecule has 0 bridgehead atoms. The van der Waals surface area contributed by atoms with E-state index >= 15 is 0 Å². The van der Waals surface area contributed by atoms with E-state index in [0.717, 1.165) is 35.8 Å². The summed E-state index contributed by atoms with van der Waals surface area (Å²) in [6.45, 7) is 0.164. The number of amides is 1. The zero-order valence-corrected chi connectivity index (χ0v) is 22.4. The molecular formula is C30H21Cl2FN2O5. The normalized spacial score (nSPS) is 16.9. The molecule has 1 N–H and O–H groups in total. The summed E-state index contributed by atoms with van der Waals surface area (Å²) >= 11 is 13.0. The fourth-order valence-corrected chi connectivity index (χ4v) is 6.08. The number of anilines is 2. The Bertz CT molecular complexity index is 1710. The van der Waals surface area contributed by atoms with Crippen LogP contribution in [-0.2, 0) is 16.8 Å². The van der Waals surface area contributed by atoms with Gasteiger partial charge in [-0.1, -0.05) is 34.4 Å². The molecule has 7 nitrogen and oxygen atoms in total. The third kappa shape index (κ3) is 3.89. The second-order valence-corrected chi connectivity index (χ2v) is 11.2. The molecule has 2 saturated carbocycles. The number of rotatable bonds is 7. The number of carboxylic acids is 1. The van der Waals surface area contributed by atoms with Gasteiger partial charge >= 0.3 is 5.97 Å². The van der Waals surface area contributed by atoms with Crippen LogP contribution in [0, 0.1) is 5.82 Å². The van der Waals surface area contributed by atoms with Crippen LogP contribution in [0.2, 0.25) is 10.0 Å². The molecule has 0 unspecified atom stereocenters. The van der Waals surface area contributed by atoms with Gasteiger partial charge in [0.15, 0.2) is 0 Å². The van der Waals surface area contributed by atoms with Crippen molar-refractivity contribution >= 4 is 46.5 Å². The van der Waals surface area contributed by atoms with E-state index in [4.69, 9.17) is 32.5 Å². The van der Waals surface area contributed by atoms with Crippen LogP contribution in [0.1, 0.15) is 58.8 Å². The molecule has 0 atom stereocenters. The van der Waals surface area contributed by atoms with Crippen LogP contribution in [0.25, 0.3) is 11.3 Å². The second-order valence-electron chi connectivity index (χ2n) is 10.4. The summed E-state index contributed by atoms with van der Waals surface area (Å²) in [6, 6.07) is 14.4. The molecule has 1 aliphatic heterocycles. The quantitative estimate of drug-likeness (QED) is 0.242. The van der Waals surface area contributed by atoms with Gasteiger partial charge in [0.25, 0.3) is 0 Å². The number of carbonyl (C=O) groups excluding carboxylic acids is 1. The van der Waals surface area contributed by atoms with Gasteiger partial charge in [-0.3, -0.25) is 9.69 Å². The Morgan fingerprint density at radius 1 is 1.12 bits per heavy atom. The molecule has 1 amide bonds. The van der Waals surface area contributed by atoms with E-state index in [-0.39, 0.29) is 24.1 Å². The molecule has 2 heterocycles. The van der Waals surface area contributed by atoms with Gasteiger partial charge in [0, 0.05) is 11.5 Å². The SMILES string of the molecule is O=C(O)c1ccc(N2C(=O)C3(CC3)c3cc(OCc4c(-c5c(Cl)cccc5Cl)noc4C4CC4)ccc32)cc1F. The van der Waals surface area contributed by atoms with Crippen molar-refractivity contribution in [3.63, 3.8) is 0 Å². The van der Waals surface area contributed by atoms with Gasteiger partial charge in [-0.15, -0.1) is 0 Å². The van der Waals surface area contributed by atoms with Crippen molar-refractivity contribution < 1.29 is 28.3 Å². The maximum Gasteiger partial charge on any atom is 0.338 e. The number of aromatic nitrogens is 1. The van der Waals surface area contributed by atoms with Gasteiger partial charge in [0.05, 0.1) is 38.0 Å². The van der Waals surface area contributed by atoms with Gasteiger partial charge < -0.3 is 14.4 Å². The highest BCUT2D eigenvalue weighted by atomic mass is 35.5. The predicted octanol–water partition coefficient (Wildman–Crippen LogP) is 7.65. The van der Waals surface area contributed by atoms with E-state index in [1.807, 2.05) is 6.07 Å². The molecule has 10 heteroatoms. The summed E-state index contributed by atoms with van der Waals surface area (Å²) in [7, 11) is 0. The fourth-order valence-electron chi connectivity index (χ4n) is 5.51. The maximum absolute atomic E-state index is 14.5. The van der Waals surface area contributed by atoms with Crippen LogP contribution >= 0.6 is 23.2 Å². The monoisotopic (exact) mass is 578 g/mol. The van der Waals surface area contributed by atoms with E-state index in [2.05, 4.69) is 5.16 Å². The Kier molecular flexibility index (Phi) is 5.70. The van der Waals surface area contributed by atoms with Gasteiger partial charge in [-0.05, 0) is 79.8 Å². The first-order valence-corrected chi connectivity index (χ1v) is 13.6. The molecular weight excluding hydrogens is 558 g/mol. The zero-order chi connectivity index (χ0) is 27.8. The first-order valence-electron chi connectivity index (χ1n) is 12.9. The Balaban J connectivity index is 1.22. The molecule has 1 spiro atoms. The Morgan fingerprint density at radius 2 is 1.88 bits per heavy atom. The number of halogens is 3. The third-order valence-electron chi connectivity index (χ3n) is 7.88. The Hall–Kier alpha value is -3.88. The van der Waals surface area contributed by atoms with E-state index in [1.54, 1.807) is 30.3 Å². The lowest BCUT2D eigenvalue weighted by atomic mass is 9.98. The van der Waals surface area contributed by atoms with Crippen LogP contribution in [0.15, 0.2) is 59.1 Å². The van der Waals surface area contributed by atoms with E-state index in [0.29, 0.717) is 45.6 Å². The number of hydrogen-bond donors (Lipinski definition) is 1. The lowest BCUT2D eigenvalue weighted by Gasteiger charge is -2.19. The van der Waals surface area contributed by atoms with Crippen molar-refractivity contribution in [1.82, 2.24) is 5.16 Å². The number of aromatic carboxylic acids is 1. The highest BCUT2D eigenvalue weighted by Crippen LogP contribution is 2.59. The number of hydrogen-bond acceptors (Lipinski definition) is 5. The molecule has 40 heavy (non-hydrogen) atoms. The van der Waals surface area contributed by atoms with E-state index in [9.17, 15) is 19.1 Å². The summed E-state index contributed by atoms with van der Waals surface area (Å²) < 4.78 is 26.5. The summed E-state index contributed by atoms with van der Waals surface area (Å²) in [5.41, 5.74) is 2.50. The minimum atomic E-state index is -1.37. The number of ether oxygens (including phenoxy) is 1. The molecule has 2 aliphatic carbocycles. The van der Waals surface area contributed by atoms with E-state index < -0.39 is 22.8 Å². The summed E-state index contributed by atoms with van der Waals surface area (Å²) in [5, 5.41) is 14.4. The van der Waals surface area contributed by atoms with Crippen molar-refractivity contribution in [2.24, 2.45) is 0 Å². The molecule has 0 saturated heterocycles. The minimum absolute atomic E-state index is 0.159.